The molecule has 0 heterocycles. The van der Waals surface area contributed by atoms with Gasteiger partial charge in [-0.05, 0) is 24.3 Å². The van der Waals surface area contributed by atoms with Crippen molar-refractivity contribution < 1.29 is 32.7 Å². The van der Waals surface area contributed by atoms with Crippen molar-refractivity contribution in [1.82, 2.24) is 0 Å². The molecule has 0 saturated heterocycles. The summed E-state index contributed by atoms with van der Waals surface area (Å²) in [7, 11) is 1.23. The van der Waals surface area contributed by atoms with Crippen molar-refractivity contribution in [3.63, 3.8) is 0 Å². The standard InChI is InChI=1S/C15H11F2NO6/c1-22-13-7-9(5-6-12(13)24-15(16)17)14(19)23-11-4-2-3-10(8-11)18(20)21/h2-8,15H,1H3. The number of hydrogen-bond acceptors (Lipinski definition) is 6. The number of methoxy groups -OCH3 is 1. The Bertz CT molecular complexity index is 765. The zero-order valence-corrected chi connectivity index (χ0v) is 12.3. The van der Waals surface area contributed by atoms with E-state index in [-0.39, 0.29) is 28.5 Å². The zero-order chi connectivity index (χ0) is 17.7. The number of non-ortho nitro benzene ring substituents is 1. The van der Waals surface area contributed by atoms with Crippen LogP contribution in [-0.2, 0) is 0 Å². The normalized spacial score (nSPS) is 10.3. The minimum Gasteiger partial charge on any atom is -0.493 e. The Morgan fingerprint density at radius 1 is 1.17 bits per heavy atom. The Morgan fingerprint density at radius 2 is 1.92 bits per heavy atom. The van der Waals surface area contributed by atoms with Gasteiger partial charge in [0.2, 0.25) is 0 Å². The molecule has 0 radical (unpaired) electrons. The molecule has 2 rings (SSSR count). The van der Waals surface area contributed by atoms with Crippen molar-refractivity contribution in [2.45, 2.75) is 6.61 Å². The van der Waals surface area contributed by atoms with Crippen molar-refractivity contribution in [3.8, 4) is 17.2 Å². The molecule has 2 aromatic rings. The maximum atomic E-state index is 12.3. The van der Waals surface area contributed by atoms with Gasteiger partial charge in [0.15, 0.2) is 11.5 Å². The Morgan fingerprint density at radius 3 is 2.54 bits per heavy atom. The van der Waals surface area contributed by atoms with E-state index in [1.54, 1.807) is 0 Å². The lowest BCUT2D eigenvalue weighted by Crippen LogP contribution is -2.10. The summed E-state index contributed by atoms with van der Waals surface area (Å²) in [6.07, 6.45) is 0. The molecule has 0 spiro atoms. The van der Waals surface area contributed by atoms with Crippen molar-refractivity contribution in [2.24, 2.45) is 0 Å². The second-order valence-electron chi connectivity index (χ2n) is 4.39. The quantitative estimate of drug-likeness (QED) is 0.347. The number of esters is 1. The summed E-state index contributed by atoms with van der Waals surface area (Å²) in [5.41, 5.74) is -0.237. The summed E-state index contributed by atoms with van der Waals surface area (Å²) in [6, 6.07) is 8.57. The van der Waals surface area contributed by atoms with Crippen LogP contribution in [0.15, 0.2) is 42.5 Å². The molecule has 24 heavy (non-hydrogen) atoms. The topological polar surface area (TPSA) is 87.9 Å². The van der Waals surface area contributed by atoms with Crippen LogP contribution in [0.1, 0.15) is 10.4 Å². The summed E-state index contributed by atoms with van der Waals surface area (Å²) >= 11 is 0. The molecular weight excluding hydrogens is 328 g/mol. The number of carbonyl (C=O) groups is 1. The number of alkyl halides is 2. The molecule has 0 aromatic heterocycles. The van der Waals surface area contributed by atoms with Gasteiger partial charge in [-0.25, -0.2) is 4.79 Å². The average Bonchev–Trinajstić information content (AvgIpc) is 2.54. The summed E-state index contributed by atoms with van der Waals surface area (Å²) in [4.78, 5) is 22.1. The number of nitrogens with zero attached hydrogens (tertiary/aromatic N) is 1. The highest BCUT2D eigenvalue weighted by atomic mass is 19.3. The lowest BCUT2D eigenvalue weighted by atomic mass is 10.2. The minimum atomic E-state index is -3.04. The van der Waals surface area contributed by atoms with Crippen molar-refractivity contribution in [1.29, 1.82) is 0 Å². The number of ether oxygens (including phenoxy) is 3. The van der Waals surface area contributed by atoms with Gasteiger partial charge in [0.1, 0.15) is 5.75 Å². The molecule has 0 fully saturated rings. The van der Waals surface area contributed by atoms with E-state index in [4.69, 9.17) is 9.47 Å². The molecular formula is C15H11F2NO6. The molecule has 2 aromatic carbocycles. The molecule has 0 saturated carbocycles. The van der Waals surface area contributed by atoms with Gasteiger partial charge in [-0.15, -0.1) is 0 Å². The third-order valence-corrected chi connectivity index (χ3v) is 2.85. The highest BCUT2D eigenvalue weighted by molar-refractivity contribution is 5.91. The Balaban J connectivity index is 2.20. The third kappa shape index (κ3) is 4.15. The second-order valence-corrected chi connectivity index (χ2v) is 4.39. The summed E-state index contributed by atoms with van der Waals surface area (Å²) in [6.45, 7) is -3.04. The fourth-order valence-electron chi connectivity index (χ4n) is 1.81. The van der Waals surface area contributed by atoms with Gasteiger partial charge < -0.3 is 14.2 Å². The van der Waals surface area contributed by atoms with E-state index in [0.29, 0.717) is 0 Å². The summed E-state index contributed by atoms with van der Waals surface area (Å²) in [5.74, 6) is -1.18. The van der Waals surface area contributed by atoms with Crippen LogP contribution >= 0.6 is 0 Å². The highest BCUT2D eigenvalue weighted by Crippen LogP contribution is 2.30. The van der Waals surface area contributed by atoms with E-state index in [2.05, 4.69) is 4.74 Å². The van der Waals surface area contributed by atoms with Gasteiger partial charge in [0.05, 0.1) is 23.7 Å². The van der Waals surface area contributed by atoms with Gasteiger partial charge in [-0.2, -0.15) is 8.78 Å². The van der Waals surface area contributed by atoms with Crippen LogP contribution in [0.4, 0.5) is 14.5 Å². The maximum absolute atomic E-state index is 12.3. The van der Waals surface area contributed by atoms with Gasteiger partial charge in [-0.3, -0.25) is 10.1 Å². The van der Waals surface area contributed by atoms with Crippen LogP contribution in [0.2, 0.25) is 0 Å². The predicted octanol–water partition coefficient (Wildman–Crippen LogP) is 3.42. The van der Waals surface area contributed by atoms with Crippen molar-refractivity contribution >= 4 is 11.7 Å². The van der Waals surface area contributed by atoms with Crippen molar-refractivity contribution in [2.75, 3.05) is 7.11 Å². The van der Waals surface area contributed by atoms with Crippen LogP contribution in [0.5, 0.6) is 17.2 Å². The van der Waals surface area contributed by atoms with Crippen LogP contribution in [0, 0.1) is 10.1 Å². The van der Waals surface area contributed by atoms with E-state index in [1.165, 1.54) is 31.4 Å². The summed E-state index contributed by atoms with van der Waals surface area (Å²) in [5, 5.41) is 10.7. The second kappa shape index (κ2) is 7.36. The maximum Gasteiger partial charge on any atom is 0.387 e. The molecule has 0 bridgehead atoms. The molecule has 0 aliphatic carbocycles. The van der Waals surface area contributed by atoms with Gasteiger partial charge >= 0.3 is 12.6 Å². The summed E-state index contributed by atoms with van der Waals surface area (Å²) < 4.78 is 38.7. The van der Waals surface area contributed by atoms with Gasteiger partial charge in [-0.1, -0.05) is 6.07 Å². The third-order valence-electron chi connectivity index (χ3n) is 2.85. The van der Waals surface area contributed by atoms with E-state index in [1.807, 2.05) is 0 Å². The van der Waals surface area contributed by atoms with Gasteiger partial charge in [0.25, 0.3) is 5.69 Å². The molecule has 0 atom stereocenters. The molecule has 9 heteroatoms. The number of hydrogen-bond donors (Lipinski definition) is 0. The van der Waals surface area contributed by atoms with Crippen LogP contribution in [0.3, 0.4) is 0 Å². The Kier molecular flexibility index (Phi) is 5.25. The number of rotatable bonds is 6. The number of halogens is 2. The number of benzene rings is 2. The zero-order valence-electron chi connectivity index (χ0n) is 12.3. The largest absolute Gasteiger partial charge is 0.493 e. The lowest BCUT2D eigenvalue weighted by molar-refractivity contribution is -0.384. The SMILES string of the molecule is COc1cc(C(=O)Oc2cccc([N+](=O)[O-])c2)ccc1OC(F)F. The molecule has 7 nitrogen and oxygen atoms in total. The molecule has 0 aliphatic heterocycles. The molecule has 0 N–H and O–H groups in total. The van der Waals surface area contributed by atoms with E-state index in [0.717, 1.165) is 18.2 Å². The molecule has 0 aliphatic rings. The van der Waals surface area contributed by atoms with Gasteiger partial charge in [0, 0.05) is 6.07 Å². The minimum absolute atomic E-state index is 0.0000255. The number of nitro benzene ring substituents is 1. The van der Waals surface area contributed by atoms with Crippen LogP contribution < -0.4 is 14.2 Å². The van der Waals surface area contributed by atoms with E-state index >= 15 is 0 Å². The molecule has 0 amide bonds. The van der Waals surface area contributed by atoms with Crippen molar-refractivity contribution in [3.05, 3.63) is 58.1 Å². The highest BCUT2D eigenvalue weighted by Gasteiger charge is 2.16. The first-order valence-corrected chi connectivity index (χ1v) is 6.50. The first kappa shape index (κ1) is 17.1. The molecule has 126 valence electrons. The fourth-order valence-corrected chi connectivity index (χ4v) is 1.81. The number of carbonyl (C=O) groups excluding carboxylic acids is 1. The number of nitro groups is 1. The Labute approximate surface area is 134 Å². The van der Waals surface area contributed by atoms with E-state index < -0.39 is 17.5 Å². The molecule has 0 unspecified atom stereocenters. The van der Waals surface area contributed by atoms with E-state index in [9.17, 15) is 23.7 Å². The Hall–Kier alpha value is -3.23. The van der Waals surface area contributed by atoms with Crippen LogP contribution in [-0.4, -0.2) is 24.6 Å². The monoisotopic (exact) mass is 339 g/mol. The predicted molar refractivity (Wildman–Crippen MR) is 77.7 cm³/mol. The average molecular weight is 339 g/mol. The lowest BCUT2D eigenvalue weighted by Gasteiger charge is -2.11. The first-order valence-electron chi connectivity index (χ1n) is 6.50. The smallest absolute Gasteiger partial charge is 0.387 e. The fraction of sp³-hybridized carbons (Fsp3) is 0.133. The first-order chi connectivity index (χ1) is 11.4. The van der Waals surface area contributed by atoms with Crippen LogP contribution in [0.25, 0.3) is 0 Å².